The van der Waals surface area contributed by atoms with E-state index in [9.17, 15) is 4.79 Å². The van der Waals surface area contributed by atoms with E-state index in [1.165, 1.54) is 24.2 Å². The maximum atomic E-state index is 10.4. The Morgan fingerprint density at radius 2 is 2.23 bits per heavy atom. The van der Waals surface area contributed by atoms with E-state index >= 15 is 0 Å². The Kier molecular flexibility index (Phi) is 2.64. The molecule has 0 saturated heterocycles. The molecule has 0 spiro atoms. The van der Waals surface area contributed by atoms with Crippen molar-refractivity contribution < 1.29 is 9.53 Å². The van der Waals surface area contributed by atoms with Crippen molar-refractivity contribution in [1.29, 1.82) is 0 Å². The molecule has 1 aromatic rings. The SMILES string of the molecule is O=Cc1cc(OC2CCCC2)cs1. The molecule has 0 aliphatic heterocycles. The first-order chi connectivity index (χ1) is 6.38. The summed E-state index contributed by atoms with van der Waals surface area (Å²) in [5.41, 5.74) is 0. The molecule has 2 rings (SSSR count). The number of aldehydes is 1. The minimum atomic E-state index is 0.383. The molecule has 1 heterocycles. The van der Waals surface area contributed by atoms with E-state index in [4.69, 9.17) is 4.74 Å². The van der Waals surface area contributed by atoms with Crippen molar-refractivity contribution in [2.24, 2.45) is 0 Å². The van der Waals surface area contributed by atoms with Gasteiger partial charge in [-0.1, -0.05) is 0 Å². The Hall–Kier alpha value is -0.830. The van der Waals surface area contributed by atoms with Crippen molar-refractivity contribution in [3.05, 3.63) is 16.3 Å². The van der Waals surface area contributed by atoms with Crippen LogP contribution in [0.2, 0.25) is 0 Å². The smallest absolute Gasteiger partial charge is 0.160 e. The van der Waals surface area contributed by atoms with Crippen molar-refractivity contribution in [3.8, 4) is 5.75 Å². The van der Waals surface area contributed by atoms with Crippen molar-refractivity contribution in [2.75, 3.05) is 0 Å². The van der Waals surface area contributed by atoms with Gasteiger partial charge in [-0.15, -0.1) is 11.3 Å². The molecular weight excluding hydrogens is 184 g/mol. The molecule has 1 fully saturated rings. The summed E-state index contributed by atoms with van der Waals surface area (Å²) in [5.74, 6) is 0.860. The summed E-state index contributed by atoms with van der Waals surface area (Å²) in [6, 6.07) is 1.82. The Morgan fingerprint density at radius 1 is 1.46 bits per heavy atom. The predicted molar refractivity (Wildman–Crippen MR) is 52.6 cm³/mol. The fourth-order valence-electron chi connectivity index (χ4n) is 1.66. The van der Waals surface area contributed by atoms with Crippen LogP contribution in [0.15, 0.2) is 11.4 Å². The van der Waals surface area contributed by atoms with Crippen LogP contribution in [0.25, 0.3) is 0 Å². The van der Waals surface area contributed by atoms with Crippen molar-refractivity contribution in [3.63, 3.8) is 0 Å². The van der Waals surface area contributed by atoms with Crippen LogP contribution in [-0.2, 0) is 0 Å². The molecule has 0 atom stereocenters. The van der Waals surface area contributed by atoms with Gasteiger partial charge in [0, 0.05) is 11.4 Å². The van der Waals surface area contributed by atoms with Gasteiger partial charge in [0.2, 0.25) is 0 Å². The highest BCUT2D eigenvalue weighted by molar-refractivity contribution is 7.11. The molecule has 0 amide bonds. The molecule has 13 heavy (non-hydrogen) atoms. The number of carbonyl (C=O) groups is 1. The fourth-order valence-corrected chi connectivity index (χ4v) is 2.27. The van der Waals surface area contributed by atoms with Crippen molar-refractivity contribution in [2.45, 2.75) is 31.8 Å². The van der Waals surface area contributed by atoms with Crippen LogP contribution in [0, 0.1) is 0 Å². The normalized spacial score (nSPS) is 17.5. The minimum absolute atomic E-state index is 0.383. The van der Waals surface area contributed by atoms with Gasteiger partial charge in [-0.25, -0.2) is 0 Å². The van der Waals surface area contributed by atoms with E-state index in [0.717, 1.165) is 29.8 Å². The van der Waals surface area contributed by atoms with Crippen LogP contribution < -0.4 is 4.74 Å². The maximum absolute atomic E-state index is 10.4. The zero-order valence-electron chi connectivity index (χ0n) is 7.36. The number of hydrogen-bond donors (Lipinski definition) is 0. The number of ether oxygens (including phenoxy) is 1. The van der Waals surface area contributed by atoms with Gasteiger partial charge >= 0.3 is 0 Å². The van der Waals surface area contributed by atoms with Gasteiger partial charge in [-0.2, -0.15) is 0 Å². The molecule has 70 valence electrons. The number of carbonyl (C=O) groups excluding carboxylic acids is 1. The summed E-state index contributed by atoms with van der Waals surface area (Å²) in [6.07, 6.45) is 6.11. The van der Waals surface area contributed by atoms with Crippen LogP contribution in [0.4, 0.5) is 0 Å². The van der Waals surface area contributed by atoms with Gasteiger partial charge in [-0.05, 0) is 25.7 Å². The van der Waals surface area contributed by atoms with Gasteiger partial charge in [0.25, 0.3) is 0 Å². The molecule has 0 unspecified atom stereocenters. The molecule has 0 N–H and O–H groups in total. The topological polar surface area (TPSA) is 26.3 Å². The monoisotopic (exact) mass is 196 g/mol. The van der Waals surface area contributed by atoms with E-state index in [-0.39, 0.29) is 0 Å². The number of thiophene rings is 1. The van der Waals surface area contributed by atoms with E-state index in [1.54, 1.807) is 0 Å². The maximum Gasteiger partial charge on any atom is 0.160 e. The fraction of sp³-hybridized carbons (Fsp3) is 0.500. The zero-order valence-corrected chi connectivity index (χ0v) is 8.18. The third-order valence-electron chi connectivity index (χ3n) is 2.32. The van der Waals surface area contributed by atoms with Gasteiger partial charge in [0.1, 0.15) is 5.75 Å². The molecule has 1 aromatic heterocycles. The van der Waals surface area contributed by atoms with Gasteiger partial charge in [-0.3, -0.25) is 4.79 Å². The summed E-state index contributed by atoms with van der Waals surface area (Å²) in [7, 11) is 0. The second-order valence-electron chi connectivity index (χ2n) is 3.33. The lowest BCUT2D eigenvalue weighted by atomic mass is 10.3. The molecule has 2 nitrogen and oxygen atoms in total. The Balaban J connectivity index is 1.96. The average Bonchev–Trinajstić information content (AvgIpc) is 2.76. The Bertz CT molecular complexity index is 287. The molecule has 3 heteroatoms. The summed E-state index contributed by atoms with van der Waals surface area (Å²) < 4.78 is 5.71. The first-order valence-electron chi connectivity index (χ1n) is 4.59. The lowest BCUT2D eigenvalue weighted by Gasteiger charge is -2.10. The second-order valence-corrected chi connectivity index (χ2v) is 4.27. The molecule has 1 saturated carbocycles. The summed E-state index contributed by atoms with van der Waals surface area (Å²) in [5, 5.41) is 1.90. The summed E-state index contributed by atoms with van der Waals surface area (Å²) in [4.78, 5) is 11.2. The quantitative estimate of drug-likeness (QED) is 0.695. The highest BCUT2D eigenvalue weighted by atomic mass is 32.1. The molecule has 0 aromatic carbocycles. The lowest BCUT2D eigenvalue weighted by molar-refractivity contribution is 0.112. The standard InChI is InChI=1S/C10H12O2S/c11-6-10-5-9(7-13-10)12-8-3-1-2-4-8/h5-8H,1-4H2. The Labute approximate surface area is 81.5 Å². The second kappa shape index (κ2) is 3.92. The lowest BCUT2D eigenvalue weighted by Crippen LogP contribution is -2.09. The van der Waals surface area contributed by atoms with Crippen LogP contribution in [-0.4, -0.2) is 12.4 Å². The third-order valence-corrected chi connectivity index (χ3v) is 3.15. The van der Waals surface area contributed by atoms with Crippen LogP contribution in [0.1, 0.15) is 35.4 Å². The summed E-state index contributed by atoms with van der Waals surface area (Å²) in [6.45, 7) is 0. The zero-order chi connectivity index (χ0) is 9.10. The molecule has 1 aliphatic rings. The van der Waals surface area contributed by atoms with Crippen LogP contribution in [0.5, 0.6) is 5.75 Å². The third kappa shape index (κ3) is 2.10. The molecule has 0 bridgehead atoms. The van der Waals surface area contributed by atoms with E-state index < -0.39 is 0 Å². The number of hydrogen-bond acceptors (Lipinski definition) is 3. The van der Waals surface area contributed by atoms with Crippen molar-refractivity contribution in [1.82, 2.24) is 0 Å². The minimum Gasteiger partial charge on any atom is -0.490 e. The average molecular weight is 196 g/mol. The first-order valence-corrected chi connectivity index (χ1v) is 5.47. The molecule has 0 radical (unpaired) electrons. The number of rotatable bonds is 3. The largest absolute Gasteiger partial charge is 0.490 e. The van der Waals surface area contributed by atoms with Gasteiger partial charge < -0.3 is 4.74 Å². The first kappa shape index (κ1) is 8.75. The Morgan fingerprint density at radius 3 is 2.85 bits per heavy atom. The molecular formula is C10H12O2S. The highest BCUT2D eigenvalue weighted by Gasteiger charge is 2.16. The van der Waals surface area contributed by atoms with Crippen molar-refractivity contribution >= 4 is 17.6 Å². The van der Waals surface area contributed by atoms with Gasteiger partial charge in [0.15, 0.2) is 6.29 Å². The van der Waals surface area contributed by atoms with Crippen LogP contribution >= 0.6 is 11.3 Å². The van der Waals surface area contributed by atoms with Gasteiger partial charge in [0.05, 0.1) is 11.0 Å². The predicted octanol–water partition coefficient (Wildman–Crippen LogP) is 2.88. The highest BCUT2D eigenvalue weighted by Crippen LogP contribution is 2.26. The van der Waals surface area contributed by atoms with Crippen LogP contribution in [0.3, 0.4) is 0 Å². The summed E-state index contributed by atoms with van der Waals surface area (Å²) >= 11 is 1.44. The van der Waals surface area contributed by atoms with E-state index in [2.05, 4.69) is 0 Å². The van der Waals surface area contributed by atoms with E-state index in [1.807, 2.05) is 11.4 Å². The van der Waals surface area contributed by atoms with E-state index in [0.29, 0.717) is 6.10 Å². The molecule has 1 aliphatic carbocycles.